The van der Waals surface area contributed by atoms with Gasteiger partial charge in [-0.15, -0.1) is 0 Å². The molecule has 0 amide bonds. The first-order valence-corrected chi connectivity index (χ1v) is 7.08. The van der Waals surface area contributed by atoms with E-state index in [1.54, 1.807) is 10.6 Å². The molecular formula is C17H19N3O. The maximum absolute atomic E-state index is 12.4. The molecule has 0 aliphatic rings. The number of aromatic nitrogens is 1. The van der Waals surface area contributed by atoms with E-state index < -0.39 is 0 Å². The lowest BCUT2D eigenvalue weighted by Gasteiger charge is -2.13. The van der Waals surface area contributed by atoms with Crippen molar-refractivity contribution < 1.29 is 0 Å². The molecule has 0 atom stereocenters. The van der Waals surface area contributed by atoms with Crippen molar-refractivity contribution in [3.8, 4) is 17.3 Å². The van der Waals surface area contributed by atoms with Crippen LogP contribution in [-0.4, -0.2) is 11.1 Å². The highest BCUT2D eigenvalue weighted by Crippen LogP contribution is 2.19. The van der Waals surface area contributed by atoms with Gasteiger partial charge in [0.2, 0.25) is 0 Å². The third-order valence-electron chi connectivity index (χ3n) is 3.48. The normalized spacial score (nSPS) is 10.3. The number of hydrogen-bond acceptors (Lipinski definition) is 3. The molecule has 1 heterocycles. The number of nitriles is 1. The van der Waals surface area contributed by atoms with Crippen molar-refractivity contribution in [3.05, 3.63) is 57.9 Å². The zero-order valence-corrected chi connectivity index (χ0v) is 12.2. The second-order valence-corrected chi connectivity index (χ2v) is 5.06. The van der Waals surface area contributed by atoms with Crippen LogP contribution < -0.4 is 11.3 Å². The highest BCUT2D eigenvalue weighted by Gasteiger charge is 2.10. The quantitative estimate of drug-likeness (QED) is 0.856. The predicted octanol–water partition coefficient (Wildman–Crippen LogP) is 2.43. The number of aryl methyl sites for hydroxylation is 1. The van der Waals surface area contributed by atoms with E-state index in [1.165, 1.54) is 5.56 Å². The van der Waals surface area contributed by atoms with E-state index in [0.29, 0.717) is 13.1 Å². The Morgan fingerprint density at radius 1 is 1.14 bits per heavy atom. The summed E-state index contributed by atoms with van der Waals surface area (Å²) >= 11 is 0. The average molecular weight is 281 g/mol. The predicted molar refractivity (Wildman–Crippen MR) is 83.9 cm³/mol. The molecule has 108 valence electrons. The molecule has 0 unspecified atom stereocenters. The molecule has 0 saturated carbocycles. The molecule has 2 rings (SSSR count). The minimum Gasteiger partial charge on any atom is -0.330 e. The van der Waals surface area contributed by atoms with Gasteiger partial charge in [-0.25, -0.2) is 0 Å². The number of hydrogen-bond donors (Lipinski definition) is 1. The largest absolute Gasteiger partial charge is 0.330 e. The molecule has 4 heteroatoms. The molecule has 4 nitrogen and oxygen atoms in total. The number of unbranched alkanes of at least 4 members (excludes halogenated alkanes) is 1. The molecule has 0 aliphatic heterocycles. The van der Waals surface area contributed by atoms with Crippen LogP contribution in [0.1, 0.15) is 24.0 Å². The highest BCUT2D eigenvalue weighted by molar-refractivity contribution is 5.60. The molecule has 0 bridgehead atoms. The van der Waals surface area contributed by atoms with Crippen LogP contribution in [0.3, 0.4) is 0 Å². The van der Waals surface area contributed by atoms with Crippen molar-refractivity contribution >= 4 is 0 Å². The number of benzene rings is 1. The Bertz CT molecular complexity index is 708. The molecule has 0 spiro atoms. The zero-order valence-electron chi connectivity index (χ0n) is 12.2. The summed E-state index contributed by atoms with van der Waals surface area (Å²) in [5, 5.41) is 9.03. The SMILES string of the molecule is Cc1ccc(-c2ccc(C#N)c(=O)n2CCCCN)cc1. The molecule has 0 fully saturated rings. The average Bonchev–Trinajstić information content (AvgIpc) is 2.50. The first-order chi connectivity index (χ1) is 10.2. The minimum absolute atomic E-state index is 0.179. The monoisotopic (exact) mass is 281 g/mol. The van der Waals surface area contributed by atoms with Crippen molar-refractivity contribution in [2.75, 3.05) is 6.54 Å². The number of nitrogens with zero attached hydrogens (tertiary/aromatic N) is 2. The van der Waals surface area contributed by atoms with Crippen LogP contribution in [0.4, 0.5) is 0 Å². The Hall–Kier alpha value is -2.38. The van der Waals surface area contributed by atoms with E-state index in [4.69, 9.17) is 11.0 Å². The highest BCUT2D eigenvalue weighted by atomic mass is 16.1. The van der Waals surface area contributed by atoms with Gasteiger partial charge in [0.15, 0.2) is 0 Å². The van der Waals surface area contributed by atoms with Gasteiger partial charge in [-0.3, -0.25) is 4.79 Å². The summed E-state index contributed by atoms with van der Waals surface area (Å²) in [6.45, 7) is 3.21. The number of pyridine rings is 1. The molecule has 0 radical (unpaired) electrons. The maximum atomic E-state index is 12.4. The maximum Gasteiger partial charge on any atom is 0.268 e. The number of rotatable bonds is 5. The zero-order chi connectivity index (χ0) is 15.2. The van der Waals surface area contributed by atoms with Crippen LogP contribution in [0, 0.1) is 18.3 Å². The van der Waals surface area contributed by atoms with E-state index in [-0.39, 0.29) is 11.1 Å². The van der Waals surface area contributed by atoms with Crippen LogP contribution in [0.15, 0.2) is 41.2 Å². The summed E-state index contributed by atoms with van der Waals surface area (Å²) in [7, 11) is 0. The van der Waals surface area contributed by atoms with Crippen molar-refractivity contribution in [2.45, 2.75) is 26.3 Å². The van der Waals surface area contributed by atoms with E-state index in [2.05, 4.69) is 0 Å². The van der Waals surface area contributed by atoms with Gasteiger partial charge in [0.25, 0.3) is 5.56 Å². The van der Waals surface area contributed by atoms with Gasteiger partial charge in [0, 0.05) is 6.54 Å². The molecule has 1 aromatic heterocycles. The fourth-order valence-electron chi connectivity index (χ4n) is 2.28. The molecule has 21 heavy (non-hydrogen) atoms. The van der Waals surface area contributed by atoms with Crippen LogP contribution in [0.2, 0.25) is 0 Å². The summed E-state index contributed by atoms with van der Waals surface area (Å²) < 4.78 is 1.68. The van der Waals surface area contributed by atoms with Gasteiger partial charge >= 0.3 is 0 Å². The standard InChI is InChI=1S/C17H19N3O/c1-13-4-6-14(7-5-13)16-9-8-15(12-19)17(21)20(16)11-3-2-10-18/h4-9H,2-3,10-11,18H2,1H3. The van der Waals surface area contributed by atoms with Crippen molar-refractivity contribution in [1.29, 1.82) is 5.26 Å². The van der Waals surface area contributed by atoms with Crippen LogP contribution in [-0.2, 0) is 6.54 Å². The number of nitrogens with two attached hydrogens (primary N) is 1. The minimum atomic E-state index is -0.229. The molecule has 1 aromatic carbocycles. The molecular weight excluding hydrogens is 262 g/mol. The molecule has 2 aromatic rings. The topological polar surface area (TPSA) is 71.8 Å². The molecule has 0 saturated heterocycles. The second-order valence-electron chi connectivity index (χ2n) is 5.06. The first-order valence-electron chi connectivity index (χ1n) is 7.08. The van der Waals surface area contributed by atoms with Gasteiger partial charge < -0.3 is 10.3 Å². The lowest BCUT2D eigenvalue weighted by molar-refractivity contribution is 0.602. The smallest absolute Gasteiger partial charge is 0.268 e. The fourth-order valence-corrected chi connectivity index (χ4v) is 2.28. The summed E-state index contributed by atoms with van der Waals surface area (Å²) in [6.07, 6.45) is 1.68. The third kappa shape index (κ3) is 3.39. The fraction of sp³-hybridized carbons (Fsp3) is 0.294. The van der Waals surface area contributed by atoms with E-state index in [9.17, 15) is 4.79 Å². The molecule has 0 aliphatic carbocycles. The third-order valence-corrected chi connectivity index (χ3v) is 3.48. The van der Waals surface area contributed by atoms with Gasteiger partial charge in [0.05, 0.1) is 5.69 Å². The van der Waals surface area contributed by atoms with Crippen LogP contribution in [0.5, 0.6) is 0 Å². The summed E-state index contributed by atoms with van der Waals surface area (Å²) in [5.41, 5.74) is 8.46. The van der Waals surface area contributed by atoms with Crippen LogP contribution >= 0.6 is 0 Å². The van der Waals surface area contributed by atoms with Gasteiger partial charge in [0.1, 0.15) is 11.6 Å². The summed E-state index contributed by atoms with van der Waals surface area (Å²) in [4.78, 5) is 12.4. The van der Waals surface area contributed by atoms with Crippen molar-refractivity contribution in [1.82, 2.24) is 4.57 Å². The Morgan fingerprint density at radius 2 is 1.86 bits per heavy atom. The Kier molecular flexibility index (Phi) is 4.91. The van der Waals surface area contributed by atoms with E-state index in [0.717, 1.165) is 24.1 Å². The lowest BCUT2D eigenvalue weighted by atomic mass is 10.1. The second kappa shape index (κ2) is 6.87. The van der Waals surface area contributed by atoms with Gasteiger partial charge in [-0.05, 0) is 44.0 Å². The Balaban J connectivity index is 2.49. The van der Waals surface area contributed by atoms with E-state index in [1.807, 2.05) is 43.3 Å². The lowest BCUT2D eigenvalue weighted by Crippen LogP contribution is -2.24. The van der Waals surface area contributed by atoms with Gasteiger partial charge in [-0.2, -0.15) is 5.26 Å². The van der Waals surface area contributed by atoms with Crippen molar-refractivity contribution in [3.63, 3.8) is 0 Å². The Morgan fingerprint density at radius 3 is 2.48 bits per heavy atom. The summed E-state index contributed by atoms with van der Waals surface area (Å²) in [5.74, 6) is 0. The molecule has 2 N–H and O–H groups in total. The van der Waals surface area contributed by atoms with Crippen molar-refractivity contribution in [2.24, 2.45) is 5.73 Å². The van der Waals surface area contributed by atoms with E-state index >= 15 is 0 Å². The first kappa shape index (κ1) is 15.0. The summed E-state index contributed by atoms with van der Waals surface area (Å²) in [6, 6.07) is 13.4. The Labute approximate surface area is 124 Å². The van der Waals surface area contributed by atoms with Gasteiger partial charge in [-0.1, -0.05) is 29.8 Å². The van der Waals surface area contributed by atoms with Crippen LogP contribution in [0.25, 0.3) is 11.3 Å².